The lowest BCUT2D eigenvalue weighted by atomic mass is 9.90. The molecule has 0 aromatic carbocycles. The maximum Gasteiger partial charge on any atom is 0.264 e. The van der Waals surface area contributed by atoms with Crippen LogP contribution in [0.25, 0.3) is 0 Å². The second-order valence-electron chi connectivity index (χ2n) is 3.87. The average molecular weight is 238 g/mol. The van der Waals surface area contributed by atoms with Gasteiger partial charge in [-0.25, -0.2) is 0 Å². The normalized spacial score (nSPS) is 29.0. The molecule has 0 atom stereocenters. The maximum absolute atomic E-state index is 10.8. The molecule has 0 unspecified atom stereocenters. The van der Waals surface area contributed by atoms with Crippen LogP contribution in [-0.4, -0.2) is 32.8 Å². The van der Waals surface area contributed by atoms with Gasteiger partial charge in [-0.05, 0) is 37.9 Å². The quantitative estimate of drug-likeness (QED) is 0.701. The topological polar surface area (TPSA) is 43.4 Å². The molecule has 1 saturated carbocycles. The molecule has 1 aliphatic carbocycles. The summed E-state index contributed by atoms with van der Waals surface area (Å²) in [5.41, 5.74) is 0. The van der Waals surface area contributed by atoms with E-state index in [2.05, 4.69) is 6.26 Å². The fourth-order valence-electron chi connectivity index (χ4n) is 1.75. The molecule has 1 fully saturated rings. The van der Waals surface area contributed by atoms with E-state index >= 15 is 0 Å². The van der Waals surface area contributed by atoms with Crippen molar-refractivity contribution >= 4 is 21.9 Å². The molecule has 3 nitrogen and oxygen atoms in total. The van der Waals surface area contributed by atoms with Gasteiger partial charge in [0.25, 0.3) is 10.1 Å². The monoisotopic (exact) mass is 238 g/mol. The first-order chi connectivity index (χ1) is 6.51. The Kier molecular flexibility index (Phi) is 4.73. The molecule has 5 heteroatoms. The Hall–Kier alpha value is 0.260. The molecule has 0 aromatic heterocycles. The van der Waals surface area contributed by atoms with Crippen molar-refractivity contribution in [3.05, 3.63) is 0 Å². The van der Waals surface area contributed by atoms with Crippen molar-refractivity contribution in [3.8, 4) is 0 Å². The predicted octanol–water partition coefficient (Wildman–Crippen LogP) is 1.88. The van der Waals surface area contributed by atoms with Gasteiger partial charge in [0, 0.05) is 5.25 Å². The smallest absolute Gasteiger partial charge is 0.264 e. The molecule has 0 heterocycles. The van der Waals surface area contributed by atoms with Crippen LogP contribution in [0, 0.1) is 5.92 Å². The summed E-state index contributed by atoms with van der Waals surface area (Å²) in [4.78, 5) is 0. The molecule has 0 amide bonds. The third kappa shape index (κ3) is 4.66. The first-order valence-corrected chi connectivity index (χ1v) is 7.99. The lowest BCUT2D eigenvalue weighted by Crippen LogP contribution is -2.21. The summed E-state index contributed by atoms with van der Waals surface area (Å²) in [6.45, 7) is 0.375. The van der Waals surface area contributed by atoms with Gasteiger partial charge in [-0.1, -0.05) is 0 Å². The molecule has 0 bridgehead atoms. The Labute approximate surface area is 90.7 Å². The summed E-state index contributed by atoms with van der Waals surface area (Å²) in [7, 11) is -3.25. The zero-order valence-electron chi connectivity index (χ0n) is 8.73. The highest BCUT2D eigenvalue weighted by Crippen LogP contribution is 2.30. The third-order valence-electron chi connectivity index (χ3n) is 2.64. The molecule has 1 rings (SSSR count). The van der Waals surface area contributed by atoms with E-state index in [4.69, 9.17) is 4.18 Å². The predicted molar refractivity (Wildman–Crippen MR) is 60.1 cm³/mol. The van der Waals surface area contributed by atoms with Gasteiger partial charge in [0.2, 0.25) is 0 Å². The van der Waals surface area contributed by atoms with E-state index in [0.29, 0.717) is 12.5 Å². The third-order valence-corrected chi connectivity index (χ3v) is 4.35. The minimum Gasteiger partial charge on any atom is -0.270 e. The van der Waals surface area contributed by atoms with Crippen molar-refractivity contribution in [2.45, 2.75) is 30.9 Å². The largest absolute Gasteiger partial charge is 0.270 e. The van der Waals surface area contributed by atoms with Gasteiger partial charge in [0.1, 0.15) is 0 Å². The van der Waals surface area contributed by atoms with Gasteiger partial charge >= 0.3 is 0 Å². The van der Waals surface area contributed by atoms with Crippen LogP contribution >= 0.6 is 11.8 Å². The number of rotatable bonds is 4. The number of hydrogen-bond acceptors (Lipinski definition) is 4. The molecule has 1 aliphatic rings. The standard InChI is InChI=1S/C9H18O3S2/c1-13-9-5-3-8(4-6-9)7-12-14(2,10)11/h8-9H,3-7H2,1-2H3. The molecule has 14 heavy (non-hydrogen) atoms. The maximum atomic E-state index is 10.8. The summed E-state index contributed by atoms with van der Waals surface area (Å²) < 4.78 is 26.3. The van der Waals surface area contributed by atoms with Crippen molar-refractivity contribution in [3.63, 3.8) is 0 Å². The van der Waals surface area contributed by atoms with Crippen molar-refractivity contribution in [2.24, 2.45) is 5.92 Å². The van der Waals surface area contributed by atoms with E-state index in [1.807, 2.05) is 11.8 Å². The Morgan fingerprint density at radius 1 is 1.29 bits per heavy atom. The van der Waals surface area contributed by atoms with Gasteiger partial charge in [-0.15, -0.1) is 0 Å². The van der Waals surface area contributed by atoms with Crippen molar-refractivity contribution in [2.75, 3.05) is 19.1 Å². The van der Waals surface area contributed by atoms with E-state index in [-0.39, 0.29) is 0 Å². The Morgan fingerprint density at radius 2 is 1.86 bits per heavy atom. The van der Waals surface area contributed by atoms with Gasteiger partial charge in [-0.2, -0.15) is 20.2 Å². The highest BCUT2D eigenvalue weighted by atomic mass is 32.2. The zero-order valence-corrected chi connectivity index (χ0v) is 10.4. The molecular weight excluding hydrogens is 220 g/mol. The van der Waals surface area contributed by atoms with Crippen LogP contribution in [0.5, 0.6) is 0 Å². The summed E-state index contributed by atoms with van der Waals surface area (Å²) in [6.07, 6.45) is 7.83. The highest BCUT2D eigenvalue weighted by Gasteiger charge is 2.21. The van der Waals surface area contributed by atoms with Gasteiger partial charge < -0.3 is 0 Å². The van der Waals surface area contributed by atoms with E-state index in [0.717, 1.165) is 24.3 Å². The molecular formula is C9H18O3S2. The van der Waals surface area contributed by atoms with Crippen molar-refractivity contribution in [1.29, 1.82) is 0 Å². The lowest BCUT2D eigenvalue weighted by molar-refractivity contribution is 0.217. The van der Waals surface area contributed by atoms with Gasteiger partial charge in [0.05, 0.1) is 12.9 Å². The first kappa shape index (κ1) is 12.3. The Bertz CT molecular complexity index is 253. The van der Waals surface area contributed by atoms with Crippen molar-refractivity contribution < 1.29 is 12.6 Å². The average Bonchev–Trinajstić information content (AvgIpc) is 2.14. The van der Waals surface area contributed by atoms with Crippen LogP contribution in [0.1, 0.15) is 25.7 Å². The minimum atomic E-state index is -3.25. The summed E-state index contributed by atoms with van der Waals surface area (Å²) in [5.74, 6) is 0.438. The number of hydrogen-bond donors (Lipinski definition) is 0. The van der Waals surface area contributed by atoms with E-state index in [1.54, 1.807) is 0 Å². The van der Waals surface area contributed by atoms with E-state index in [1.165, 1.54) is 12.8 Å². The van der Waals surface area contributed by atoms with Crippen LogP contribution in [0.15, 0.2) is 0 Å². The molecule has 0 saturated heterocycles. The highest BCUT2D eigenvalue weighted by molar-refractivity contribution is 7.99. The SMILES string of the molecule is CSC1CCC(COS(C)(=O)=O)CC1. The Morgan fingerprint density at radius 3 is 2.29 bits per heavy atom. The fraction of sp³-hybridized carbons (Fsp3) is 1.00. The van der Waals surface area contributed by atoms with E-state index in [9.17, 15) is 8.42 Å². The van der Waals surface area contributed by atoms with Crippen LogP contribution in [0.4, 0.5) is 0 Å². The van der Waals surface area contributed by atoms with Crippen LogP contribution in [0.3, 0.4) is 0 Å². The molecule has 0 aliphatic heterocycles. The minimum absolute atomic E-state index is 0.375. The summed E-state index contributed by atoms with van der Waals surface area (Å²) >= 11 is 1.91. The number of thioether (sulfide) groups is 1. The second kappa shape index (κ2) is 5.37. The zero-order chi connectivity index (χ0) is 10.6. The molecule has 0 spiro atoms. The Balaban J connectivity index is 2.23. The summed E-state index contributed by atoms with van der Waals surface area (Å²) in [6, 6.07) is 0. The lowest BCUT2D eigenvalue weighted by Gasteiger charge is -2.26. The second-order valence-corrected chi connectivity index (χ2v) is 6.65. The van der Waals surface area contributed by atoms with Crippen molar-refractivity contribution in [1.82, 2.24) is 0 Å². The van der Waals surface area contributed by atoms with E-state index < -0.39 is 10.1 Å². The fourth-order valence-corrected chi connectivity index (χ4v) is 2.94. The molecule has 0 aromatic rings. The summed E-state index contributed by atoms with van der Waals surface area (Å²) in [5, 5.41) is 0.768. The van der Waals surface area contributed by atoms with Crippen LogP contribution < -0.4 is 0 Å². The first-order valence-electron chi connectivity index (χ1n) is 4.88. The van der Waals surface area contributed by atoms with Gasteiger partial charge in [0.15, 0.2) is 0 Å². The van der Waals surface area contributed by atoms with Gasteiger partial charge in [-0.3, -0.25) is 4.18 Å². The van der Waals surface area contributed by atoms with Crippen LogP contribution in [-0.2, 0) is 14.3 Å². The molecule has 0 N–H and O–H groups in total. The molecule has 0 radical (unpaired) electrons. The van der Waals surface area contributed by atoms with Crippen LogP contribution in [0.2, 0.25) is 0 Å². The molecule has 84 valence electrons.